The number of aryl methyl sites for hydroxylation is 1. The highest BCUT2D eigenvalue weighted by molar-refractivity contribution is 5.43. The quantitative estimate of drug-likeness (QED) is 0.716. The molecule has 3 nitrogen and oxygen atoms in total. The van der Waals surface area contributed by atoms with Crippen LogP contribution in [0.1, 0.15) is 26.2 Å². The lowest BCUT2D eigenvalue weighted by Gasteiger charge is -2.45. The van der Waals surface area contributed by atoms with E-state index in [9.17, 15) is 0 Å². The Bertz CT molecular complexity index is 365. The maximum Gasteiger partial charge on any atom is 0.109 e. The molecule has 4 rings (SSSR count). The monoisotopic (exact) mass is 219 g/mol. The van der Waals surface area contributed by atoms with Gasteiger partial charge in [0.25, 0.3) is 0 Å². The molecule has 3 fully saturated rings. The van der Waals surface area contributed by atoms with E-state index in [0.29, 0.717) is 6.17 Å². The van der Waals surface area contributed by atoms with Crippen LogP contribution in [0.3, 0.4) is 0 Å². The second-order valence-corrected chi connectivity index (χ2v) is 5.14. The van der Waals surface area contributed by atoms with Gasteiger partial charge in [-0.1, -0.05) is 0 Å². The fourth-order valence-corrected chi connectivity index (χ4v) is 3.33. The fourth-order valence-electron chi connectivity index (χ4n) is 3.33. The zero-order chi connectivity index (χ0) is 11.1. The average Bonchev–Trinajstić information content (AvgIpc) is 2.52. The van der Waals surface area contributed by atoms with Gasteiger partial charge in [-0.15, -0.1) is 0 Å². The number of aromatic nitrogens is 1. The fraction of sp³-hybridized carbons (Fsp3) is 0.692. The van der Waals surface area contributed by atoms with Gasteiger partial charge in [-0.2, -0.15) is 0 Å². The highest BCUT2D eigenvalue weighted by Crippen LogP contribution is 2.32. The van der Waals surface area contributed by atoms with Crippen molar-refractivity contribution in [3.63, 3.8) is 0 Å². The third kappa shape index (κ3) is 1.46. The first-order chi connectivity index (χ1) is 7.77. The molecular weight excluding hydrogens is 198 g/mol. The van der Waals surface area contributed by atoms with Crippen molar-refractivity contribution in [2.75, 3.05) is 18.0 Å². The minimum atomic E-state index is 0.565. The zero-order valence-electron chi connectivity index (χ0n) is 10.3. The summed E-state index contributed by atoms with van der Waals surface area (Å²) in [5.41, 5.74) is 0. The van der Waals surface area contributed by atoms with Gasteiger partial charge in [0.15, 0.2) is 0 Å². The third-order valence-corrected chi connectivity index (χ3v) is 4.24. The van der Waals surface area contributed by atoms with E-state index >= 15 is 0 Å². The molecule has 88 valence electrons. The van der Waals surface area contributed by atoms with Crippen LogP contribution in [0, 0.1) is 0 Å². The molecule has 1 aromatic heterocycles. The van der Waals surface area contributed by atoms with Gasteiger partial charge in [0.2, 0.25) is 0 Å². The molecule has 0 N–H and O–H groups in total. The molecule has 0 amide bonds. The second-order valence-electron chi connectivity index (χ2n) is 5.14. The number of anilines is 1. The Kier molecular flexibility index (Phi) is 2.43. The van der Waals surface area contributed by atoms with E-state index < -0.39 is 0 Å². The van der Waals surface area contributed by atoms with Crippen LogP contribution in [0.4, 0.5) is 5.82 Å². The molecule has 3 aliphatic rings. The first-order valence-electron chi connectivity index (χ1n) is 6.41. The summed E-state index contributed by atoms with van der Waals surface area (Å²) in [6.45, 7) is 4.91. The zero-order valence-corrected chi connectivity index (χ0v) is 10.3. The molecule has 0 spiro atoms. The topological polar surface area (TPSA) is 11.4 Å². The second kappa shape index (κ2) is 3.81. The minimum Gasteiger partial charge on any atom is -0.340 e. The van der Waals surface area contributed by atoms with E-state index in [2.05, 4.69) is 46.7 Å². The molecule has 0 aromatic carbocycles. The number of fused-ring (bicyclic) bond motifs is 4. The maximum absolute atomic E-state index is 2.62. The summed E-state index contributed by atoms with van der Waals surface area (Å²) in [6.07, 6.45) is 6.75. The van der Waals surface area contributed by atoms with E-state index in [4.69, 9.17) is 0 Å². The van der Waals surface area contributed by atoms with Crippen LogP contribution in [0.25, 0.3) is 0 Å². The summed E-state index contributed by atoms with van der Waals surface area (Å²) in [4.78, 5) is 5.24. The number of hydrogen-bond donors (Lipinski definition) is 0. The van der Waals surface area contributed by atoms with Crippen molar-refractivity contribution < 1.29 is 0 Å². The molecule has 3 atom stereocenters. The van der Waals surface area contributed by atoms with Crippen molar-refractivity contribution in [2.24, 2.45) is 7.05 Å². The summed E-state index contributed by atoms with van der Waals surface area (Å²) in [5.74, 6) is 1.38. The van der Waals surface area contributed by atoms with E-state index in [0.717, 1.165) is 6.04 Å². The standard InChI is InChI=1S/C13H21N3/c1-11-15-9-3-5-12(7-10-15)16(11)13-6-4-8-14(13)2/h4,6,8,11-12H,3,5,7,9-10H2,1-2H3. The molecule has 1 aromatic rings. The Hall–Kier alpha value is -0.960. The summed E-state index contributed by atoms with van der Waals surface area (Å²) >= 11 is 0. The van der Waals surface area contributed by atoms with Gasteiger partial charge in [0.1, 0.15) is 5.82 Å². The molecule has 3 heteroatoms. The molecule has 2 bridgehead atoms. The SMILES string of the molecule is CC1N2CCCC(CC2)N1c1cccn1C. The van der Waals surface area contributed by atoms with Gasteiger partial charge in [-0.3, -0.25) is 4.90 Å². The van der Waals surface area contributed by atoms with Crippen molar-refractivity contribution in [1.82, 2.24) is 9.47 Å². The molecule has 16 heavy (non-hydrogen) atoms. The largest absolute Gasteiger partial charge is 0.340 e. The van der Waals surface area contributed by atoms with Gasteiger partial charge in [-0.05, 0) is 38.3 Å². The predicted octanol–water partition coefficient (Wildman–Crippen LogP) is 2.05. The lowest BCUT2D eigenvalue weighted by molar-refractivity contribution is 0.176. The van der Waals surface area contributed by atoms with Gasteiger partial charge < -0.3 is 9.47 Å². The van der Waals surface area contributed by atoms with Crippen molar-refractivity contribution >= 4 is 5.82 Å². The van der Waals surface area contributed by atoms with Crippen LogP contribution in [-0.4, -0.2) is 34.8 Å². The summed E-state index contributed by atoms with van der Waals surface area (Å²) < 4.78 is 2.25. The molecule has 3 aliphatic heterocycles. The lowest BCUT2D eigenvalue weighted by Crippen LogP contribution is -2.55. The Balaban J connectivity index is 1.97. The van der Waals surface area contributed by atoms with Crippen molar-refractivity contribution in [1.29, 1.82) is 0 Å². The number of rotatable bonds is 1. The van der Waals surface area contributed by atoms with Gasteiger partial charge in [0, 0.05) is 32.4 Å². The van der Waals surface area contributed by atoms with E-state index in [1.54, 1.807) is 0 Å². The predicted molar refractivity (Wildman–Crippen MR) is 66.6 cm³/mol. The molecule has 3 unspecified atom stereocenters. The van der Waals surface area contributed by atoms with E-state index in [1.165, 1.54) is 38.2 Å². The smallest absolute Gasteiger partial charge is 0.109 e. The van der Waals surface area contributed by atoms with Gasteiger partial charge >= 0.3 is 0 Å². The summed E-state index contributed by atoms with van der Waals surface area (Å²) in [7, 11) is 2.15. The normalized spacial score (nSPS) is 34.1. The Labute approximate surface area is 97.6 Å². The number of hydrogen-bond acceptors (Lipinski definition) is 2. The lowest BCUT2D eigenvalue weighted by atomic mass is 10.1. The van der Waals surface area contributed by atoms with Crippen LogP contribution >= 0.6 is 0 Å². The van der Waals surface area contributed by atoms with Crippen molar-refractivity contribution in [3.8, 4) is 0 Å². The average molecular weight is 219 g/mol. The van der Waals surface area contributed by atoms with Crippen molar-refractivity contribution in [2.45, 2.75) is 38.4 Å². The first kappa shape index (κ1) is 10.2. The number of nitrogens with zero attached hydrogens (tertiary/aromatic N) is 3. The van der Waals surface area contributed by atoms with E-state index in [1.807, 2.05) is 0 Å². The molecule has 0 aliphatic carbocycles. The van der Waals surface area contributed by atoms with Crippen LogP contribution in [0.15, 0.2) is 18.3 Å². The minimum absolute atomic E-state index is 0.565. The van der Waals surface area contributed by atoms with Crippen molar-refractivity contribution in [3.05, 3.63) is 18.3 Å². The van der Waals surface area contributed by atoms with Gasteiger partial charge in [-0.25, -0.2) is 0 Å². The van der Waals surface area contributed by atoms with Gasteiger partial charge in [0.05, 0.1) is 6.17 Å². The van der Waals surface area contributed by atoms with Crippen LogP contribution < -0.4 is 4.90 Å². The Morgan fingerprint density at radius 3 is 2.88 bits per heavy atom. The Morgan fingerprint density at radius 2 is 2.12 bits per heavy atom. The summed E-state index contributed by atoms with van der Waals surface area (Å²) in [6, 6.07) is 5.15. The molecule has 0 radical (unpaired) electrons. The molecular formula is C13H21N3. The van der Waals surface area contributed by atoms with Crippen LogP contribution in [-0.2, 0) is 7.05 Å². The highest BCUT2D eigenvalue weighted by atomic mass is 15.4. The molecule has 3 saturated heterocycles. The highest BCUT2D eigenvalue weighted by Gasteiger charge is 2.36. The summed E-state index contributed by atoms with van der Waals surface area (Å²) in [5, 5.41) is 0. The Morgan fingerprint density at radius 1 is 1.25 bits per heavy atom. The van der Waals surface area contributed by atoms with Crippen LogP contribution in [0.5, 0.6) is 0 Å². The molecule has 0 saturated carbocycles. The first-order valence-corrected chi connectivity index (χ1v) is 6.41. The third-order valence-electron chi connectivity index (χ3n) is 4.24. The maximum atomic E-state index is 2.62. The van der Waals surface area contributed by atoms with Crippen LogP contribution in [0.2, 0.25) is 0 Å². The molecule has 4 heterocycles. The van der Waals surface area contributed by atoms with E-state index in [-0.39, 0.29) is 0 Å².